The van der Waals surface area contributed by atoms with E-state index in [0.29, 0.717) is 17.4 Å². The van der Waals surface area contributed by atoms with Crippen LogP contribution in [0, 0.1) is 11.6 Å². The van der Waals surface area contributed by atoms with E-state index in [9.17, 15) is 13.6 Å². The van der Waals surface area contributed by atoms with Crippen LogP contribution in [0.4, 0.5) is 19.6 Å². The van der Waals surface area contributed by atoms with Crippen LogP contribution >= 0.6 is 24.0 Å². The Morgan fingerprint density at radius 2 is 2.00 bits per heavy atom. The number of carbonyl (C=O) groups excluding carboxylic acids is 1. The number of amides is 1. The number of nitrogens with zero attached hydrogens (tertiary/aromatic N) is 1. The van der Waals surface area contributed by atoms with Gasteiger partial charge in [-0.15, -0.1) is 11.3 Å². The van der Waals surface area contributed by atoms with E-state index in [1.165, 1.54) is 11.3 Å². The summed E-state index contributed by atoms with van der Waals surface area (Å²) in [5, 5.41) is 7.32. The SMILES string of the molecule is O=C(NCCS)c1csc(Nc2cc(F)cc(F)c2)n1. The summed E-state index contributed by atoms with van der Waals surface area (Å²) in [5.41, 5.74) is 0.482. The molecule has 1 heterocycles. The molecule has 2 aromatic rings. The predicted molar refractivity (Wildman–Crippen MR) is 77.9 cm³/mol. The van der Waals surface area contributed by atoms with Gasteiger partial charge in [0.05, 0.1) is 0 Å². The molecule has 0 aliphatic heterocycles. The summed E-state index contributed by atoms with van der Waals surface area (Å²) in [6, 6.07) is 3.07. The topological polar surface area (TPSA) is 54.0 Å². The van der Waals surface area contributed by atoms with Gasteiger partial charge in [-0.2, -0.15) is 12.6 Å². The molecule has 4 nitrogen and oxygen atoms in total. The first-order valence-electron chi connectivity index (χ1n) is 5.66. The van der Waals surface area contributed by atoms with Crippen molar-refractivity contribution in [3.05, 3.63) is 40.9 Å². The lowest BCUT2D eigenvalue weighted by Crippen LogP contribution is -2.25. The molecule has 1 aromatic carbocycles. The fourth-order valence-electron chi connectivity index (χ4n) is 1.44. The Kier molecular flexibility index (Phi) is 4.91. The lowest BCUT2D eigenvalue weighted by atomic mass is 10.3. The number of anilines is 2. The fraction of sp³-hybridized carbons (Fsp3) is 0.167. The van der Waals surface area contributed by atoms with Crippen molar-refractivity contribution in [1.82, 2.24) is 10.3 Å². The minimum absolute atomic E-state index is 0.235. The maximum atomic E-state index is 13.0. The van der Waals surface area contributed by atoms with Gasteiger partial charge in [0.15, 0.2) is 5.13 Å². The van der Waals surface area contributed by atoms with Gasteiger partial charge in [-0.3, -0.25) is 4.79 Å². The largest absolute Gasteiger partial charge is 0.350 e. The van der Waals surface area contributed by atoms with Crippen LogP contribution in [0.15, 0.2) is 23.6 Å². The summed E-state index contributed by atoms with van der Waals surface area (Å²) in [6.07, 6.45) is 0. The highest BCUT2D eigenvalue weighted by molar-refractivity contribution is 7.80. The summed E-state index contributed by atoms with van der Waals surface area (Å²) in [5.74, 6) is -1.15. The smallest absolute Gasteiger partial charge is 0.270 e. The normalized spacial score (nSPS) is 10.3. The Hall–Kier alpha value is -1.67. The molecular formula is C12H11F2N3OS2. The zero-order valence-corrected chi connectivity index (χ0v) is 11.9. The molecule has 20 heavy (non-hydrogen) atoms. The van der Waals surface area contributed by atoms with Gasteiger partial charge in [-0.25, -0.2) is 13.8 Å². The first kappa shape index (κ1) is 14.7. The lowest BCUT2D eigenvalue weighted by Gasteiger charge is -2.03. The Morgan fingerprint density at radius 1 is 1.30 bits per heavy atom. The van der Waals surface area contributed by atoms with E-state index < -0.39 is 11.6 Å². The molecular weight excluding hydrogens is 304 g/mol. The summed E-state index contributed by atoms with van der Waals surface area (Å²) in [7, 11) is 0. The maximum Gasteiger partial charge on any atom is 0.270 e. The van der Waals surface area contributed by atoms with Gasteiger partial charge in [0.2, 0.25) is 0 Å². The van der Waals surface area contributed by atoms with Crippen molar-refractivity contribution in [2.45, 2.75) is 0 Å². The molecule has 0 aliphatic rings. The third kappa shape index (κ3) is 3.91. The van der Waals surface area contributed by atoms with Crippen LogP contribution < -0.4 is 10.6 Å². The van der Waals surface area contributed by atoms with Crippen LogP contribution in [0.2, 0.25) is 0 Å². The second-order valence-corrected chi connectivity index (χ2v) is 5.11. The van der Waals surface area contributed by atoms with Crippen LogP contribution in [-0.2, 0) is 0 Å². The monoisotopic (exact) mass is 315 g/mol. The molecule has 8 heteroatoms. The number of hydrogen-bond acceptors (Lipinski definition) is 5. The number of thiazole rings is 1. The molecule has 0 bridgehead atoms. The molecule has 0 spiro atoms. The Balaban J connectivity index is 2.07. The first-order valence-corrected chi connectivity index (χ1v) is 7.17. The van der Waals surface area contributed by atoms with Gasteiger partial charge in [0.1, 0.15) is 17.3 Å². The number of halogens is 2. The van der Waals surface area contributed by atoms with Crippen molar-refractivity contribution in [2.75, 3.05) is 17.6 Å². The molecule has 0 saturated heterocycles. The van der Waals surface area contributed by atoms with Gasteiger partial charge in [-0.05, 0) is 12.1 Å². The highest BCUT2D eigenvalue weighted by Crippen LogP contribution is 2.22. The van der Waals surface area contributed by atoms with E-state index in [1.54, 1.807) is 5.38 Å². The molecule has 2 rings (SSSR count). The lowest BCUT2D eigenvalue weighted by molar-refractivity contribution is 0.0952. The minimum atomic E-state index is -0.684. The Labute approximate surface area is 123 Å². The summed E-state index contributed by atoms with van der Waals surface area (Å²) in [4.78, 5) is 15.7. The van der Waals surface area contributed by atoms with Crippen molar-refractivity contribution in [3.8, 4) is 0 Å². The van der Waals surface area contributed by atoms with Crippen molar-refractivity contribution in [1.29, 1.82) is 0 Å². The maximum absolute atomic E-state index is 13.0. The molecule has 1 aromatic heterocycles. The summed E-state index contributed by atoms with van der Waals surface area (Å²) < 4.78 is 26.1. The molecule has 0 fully saturated rings. The zero-order valence-electron chi connectivity index (χ0n) is 10.2. The van der Waals surface area contributed by atoms with E-state index >= 15 is 0 Å². The standard InChI is InChI=1S/C12H11F2N3OS2/c13-7-3-8(14)5-9(4-7)16-12-17-10(6-20-12)11(18)15-1-2-19/h3-6,19H,1-2H2,(H,15,18)(H,16,17). The number of aromatic nitrogens is 1. The highest BCUT2D eigenvalue weighted by atomic mass is 32.1. The Bertz CT molecular complexity index is 598. The first-order chi connectivity index (χ1) is 9.58. The minimum Gasteiger partial charge on any atom is -0.350 e. The summed E-state index contributed by atoms with van der Waals surface area (Å²) >= 11 is 5.15. The van der Waals surface area contributed by atoms with E-state index in [2.05, 4.69) is 28.2 Å². The van der Waals surface area contributed by atoms with E-state index in [0.717, 1.165) is 18.2 Å². The zero-order chi connectivity index (χ0) is 14.5. The number of rotatable bonds is 5. The van der Waals surface area contributed by atoms with Gasteiger partial charge in [0.25, 0.3) is 5.91 Å². The van der Waals surface area contributed by atoms with Crippen molar-refractivity contribution >= 4 is 40.7 Å². The number of hydrogen-bond donors (Lipinski definition) is 3. The molecule has 2 N–H and O–H groups in total. The van der Waals surface area contributed by atoms with E-state index in [-0.39, 0.29) is 17.3 Å². The molecule has 106 valence electrons. The highest BCUT2D eigenvalue weighted by Gasteiger charge is 2.10. The van der Waals surface area contributed by atoms with Crippen LogP contribution in [0.5, 0.6) is 0 Å². The quantitative estimate of drug-likeness (QED) is 0.744. The van der Waals surface area contributed by atoms with Gasteiger partial charge < -0.3 is 10.6 Å². The fourth-order valence-corrected chi connectivity index (χ4v) is 2.27. The number of benzene rings is 1. The molecule has 0 saturated carbocycles. The number of thiol groups is 1. The van der Waals surface area contributed by atoms with Gasteiger partial charge in [0, 0.05) is 29.4 Å². The molecule has 0 aliphatic carbocycles. The van der Waals surface area contributed by atoms with Crippen molar-refractivity contribution < 1.29 is 13.6 Å². The molecule has 0 radical (unpaired) electrons. The third-order valence-electron chi connectivity index (χ3n) is 2.25. The third-order valence-corrected chi connectivity index (χ3v) is 3.23. The van der Waals surface area contributed by atoms with E-state index in [4.69, 9.17) is 0 Å². The average Bonchev–Trinajstić information content (AvgIpc) is 2.83. The predicted octanol–water partition coefficient (Wildman–Crippen LogP) is 2.82. The summed E-state index contributed by atoms with van der Waals surface area (Å²) in [6.45, 7) is 0.442. The van der Waals surface area contributed by atoms with Crippen LogP contribution in [0.3, 0.4) is 0 Å². The number of carbonyl (C=O) groups is 1. The molecule has 0 atom stereocenters. The second kappa shape index (κ2) is 6.67. The van der Waals surface area contributed by atoms with Crippen LogP contribution in [0.25, 0.3) is 0 Å². The van der Waals surface area contributed by atoms with Crippen LogP contribution in [0.1, 0.15) is 10.5 Å². The number of nitrogens with one attached hydrogen (secondary N) is 2. The molecule has 0 unspecified atom stereocenters. The van der Waals surface area contributed by atoms with E-state index in [1.807, 2.05) is 0 Å². The average molecular weight is 315 g/mol. The molecule has 1 amide bonds. The second-order valence-electron chi connectivity index (χ2n) is 3.80. The van der Waals surface area contributed by atoms with Crippen molar-refractivity contribution in [3.63, 3.8) is 0 Å². The Morgan fingerprint density at radius 3 is 2.65 bits per heavy atom. The van der Waals surface area contributed by atoms with Crippen LogP contribution in [-0.4, -0.2) is 23.2 Å². The van der Waals surface area contributed by atoms with Crippen molar-refractivity contribution in [2.24, 2.45) is 0 Å². The van der Waals surface area contributed by atoms with Gasteiger partial charge >= 0.3 is 0 Å². The van der Waals surface area contributed by atoms with Gasteiger partial charge in [-0.1, -0.05) is 0 Å².